The van der Waals surface area contributed by atoms with Gasteiger partial charge in [-0.1, -0.05) is 6.07 Å². The molecule has 4 atom stereocenters. The third-order valence-corrected chi connectivity index (χ3v) is 7.60. The second-order valence-electron chi connectivity index (χ2n) is 10.3. The molecule has 0 radical (unpaired) electrons. The Morgan fingerprint density at radius 3 is 1.90 bits per heavy atom. The normalized spacial score (nSPS) is 21.1. The maximum atomic E-state index is 11.4. The van der Waals surface area contributed by atoms with Gasteiger partial charge in [0.15, 0.2) is 29.1 Å². The molecule has 0 amide bonds. The maximum absolute atomic E-state index is 11.4. The Bertz CT molecular complexity index is 1730. The maximum Gasteiger partial charge on any atom is 0.158 e. The van der Waals surface area contributed by atoms with Crippen LogP contribution in [0.4, 0.5) is 0 Å². The van der Waals surface area contributed by atoms with E-state index in [0.717, 1.165) is 18.2 Å². The van der Waals surface area contributed by atoms with Crippen LogP contribution in [0.2, 0.25) is 0 Å². The lowest BCUT2D eigenvalue weighted by molar-refractivity contribution is 0.0195. The number of hydrogen-bond acceptors (Lipinski definition) is 12. The second-order valence-corrected chi connectivity index (χ2v) is 10.3. The minimum Gasteiger partial charge on any atom is -0.508 e. The summed E-state index contributed by atoms with van der Waals surface area (Å²) in [4.78, 5) is 0. The number of hydrogen-bond donors (Lipinski definition) is 10. The minimum atomic E-state index is -1.30. The first-order valence-electron chi connectivity index (χ1n) is 12.8. The molecule has 42 heavy (non-hydrogen) atoms. The molecular formula is C30H26O12. The number of phenolic OH excluding ortho intramolecular Hbond substituents is 8. The van der Waals surface area contributed by atoms with Crippen LogP contribution in [0, 0.1) is 0 Å². The lowest BCUT2D eigenvalue weighted by Gasteiger charge is -2.34. The molecule has 0 fully saturated rings. The molecule has 4 aromatic carbocycles. The number of benzene rings is 4. The third-order valence-electron chi connectivity index (χ3n) is 7.60. The lowest BCUT2D eigenvalue weighted by atomic mass is 9.86. The van der Waals surface area contributed by atoms with E-state index >= 15 is 0 Å². The van der Waals surface area contributed by atoms with Gasteiger partial charge in [-0.2, -0.15) is 0 Å². The largest absolute Gasteiger partial charge is 0.508 e. The molecule has 10 N–H and O–H groups in total. The molecule has 12 nitrogen and oxygen atoms in total. The number of fused-ring (bicyclic) bond motifs is 2. The Kier molecular flexibility index (Phi) is 6.24. The van der Waals surface area contributed by atoms with Crippen molar-refractivity contribution in [3.63, 3.8) is 0 Å². The summed E-state index contributed by atoms with van der Waals surface area (Å²) in [7, 11) is 0. The summed E-state index contributed by atoms with van der Waals surface area (Å²) in [6.45, 7) is 0. The monoisotopic (exact) mass is 578 g/mol. The molecule has 0 unspecified atom stereocenters. The second kappa shape index (κ2) is 9.72. The van der Waals surface area contributed by atoms with Gasteiger partial charge in [-0.3, -0.25) is 0 Å². The average molecular weight is 579 g/mol. The third kappa shape index (κ3) is 4.33. The first kappa shape index (κ1) is 27.0. The van der Waals surface area contributed by atoms with E-state index in [-0.39, 0.29) is 69.4 Å². The Morgan fingerprint density at radius 1 is 0.548 bits per heavy atom. The average Bonchev–Trinajstić information content (AvgIpc) is 2.92. The van der Waals surface area contributed by atoms with Crippen LogP contribution in [-0.2, 0) is 12.8 Å². The summed E-state index contributed by atoms with van der Waals surface area (Å²) in [5.41, 5.74) is 0.488. The van der Waals surface area contributed by atoms with Crippen molar-refractivity contribution in [2.24, 2.45) is 0 Å². The Labute approximate surface area is 237 Å². The van der Waals surface area contributed by atoms with Crippen LogP contribution in [-0.4, -0.2) is 63.3 Å². The molecule has 0 saturated heterocycles. The van der Waals surface area contributed by atoms with E-state index in [1.54, 1.807) is 0 Å². The zero-order valence-corrected chi connectivity index (χ0v) is 21.6. The molecule has 0 saturated carbocycles. The van der Waals surface area contributed by atoms with E-state index in [1.165, 1.54) is 30.3 Å². The fourth-order valence-corrected chi connectivity index (χ4v) is 5.55. The zero-order chi connectivity index (χ0) is 30.0. The number of aromatic hydroxyl groups is 8. The number of aliphatic hydroxyl groups excluding tert-OH is 2. The summed E-state index contributed by atoms with van der Waals surface area (Å²) in [6, 6.07) is 9.60. The van der Waals surface area contributed by atoms with Crippen LogP contribution in [0.1, 0.15) is 34.5 Å². The summed E-state index contributed by atoms with van der Waals surface area (Å²) in [5.74, 6) is -3.49. The Morgan fingerprint density at radius 2 is 1.17 bits per heavy atom. The molecule has 0 spiro atoms. The van der Waals surface area contributed by atoms with Gasteiger partial charge in [-0.25, -0.2) is 0 Å². The molecule has 0 bridgehead atoms. The van der Waals surface area contributed by atoms with Gasteiger partial charge in [0.1, 0.15) is 40.6 Å². The van der Waals surface area contributed by atoms with Crippen LogP contribution in [0.15, 0.2) is 48.5 Å². The Hall–Kier alpha value is -5.20. The fraction of sp³-hybridized carbons (Fsp3) is 0.200. The highest BCUT2D eigenvalue weighted by Crippen LogP contribution is 2.53. The van der Waals surface area contributed by atoms with Gasteiger partial charge < -0.3 is 60.5 Å². The van der Waals surface area contributed by atoms with E-state index in [2.05, 4.69) is 0 Å². The molecule has 0 aliphatic carbocycles. The molecule has 2 heterocycles. The van der Waals surface area contributed by atoms with Crippen molar-refractivity contribution in [1.29, 1.82) is 0 Å². The molecule has 2 aliphatic heterocycles. The van der Waals surface area contributed by atoms with E-state index in [9.17, 15) is 51.1 Å². The highest BCUT2D eigenvalue weighted by molar-refractivity contribution is 5.84. The molecule has 2 aliphatic rings. The van der Waals surface area contributed by atoms with Crippen LogP contribution in [0.5, 0.6) is 57.5 Å². The summed E-state index contributed by atoms with van der Waals surface area (Å²) in [5, 5.41) is 105. The smallest absolute Gasteiger partial charge is 0.158 e. The number of phenols is 8. The van der Waals surface area contributed by atoms with Crippen molar-refractivity contribution >= 4 is 0 Å². The minimum absolute atomic E-state index is 0.0231. The van der Waals surface area contributed by atoms with Crippen LogP contribution in [0.3, 0.4) is 0 Å². The van der Waals surface area contributed by atoms with E-state index < -0.39 is 53.2 Å². The Balaban J connectivity index is 1.45. The van der Waals surface area contributed by atoms with E-state index in [4.69, 9.17) is 9.47 Å². The van der Waals surface area contributed by atoms with Gasteiger partial charge >= 0.3 is 0 Å². The van der Waals surface area contributed by atoms with Crippen molar-refractivity contribution in [2.75, 3.05) is 0 Å². The van der Waals surface area contributed by atoms with Gasteiger partial charge in [0.05, 0.1) is 17.8 Å². The molecule has 12 heteroatoms. The standard InChI is InChI=1S/C30H26O12/c31-12-4-18(33)15-8-24(39)30(42-25(15)5-12)14-7-21(36)20(35)6-13(14)27-22(37)10-26-16(28(27)40)9-23(38)29(41-26)11-1-2-17(32)19(34)3-11/h1-7,10,23-24,29-40H,8-9H2/t23-,24-,29+,30+/m0/s1. The van der Waals surface area contributed by atoms with Crippen molar-refractivity contribution in [3.05, 3.63) is 70.8 Å². The number of aliphatic hydroxyl groups is 2. The predicted octanol–water partition coefficient (Wildman–Crippen LogP) is 3.07. The summed E-state index contributed by atoms with van der Waals surface area (Å²) < 4.78 is 11.8. The topological polar surface area (TPSA) is 221 Å². The summed E-state index contributed by atoms with van der Waals surface area (Å²) >= 11 is 0. The van der Waals surface area contributed by atoms with Crippen molar-refractivity contribution < 1.29 is 60.5 Å². The molecule has 4 aromatic rings. The SMILES string of the molecule is Oc1cc(O)c2c(c1)O[C@H](c1cc(O)c(O)cc1-c1c(O)cc3c(c1O)C[C@H](O)[C@@H](c1ccc(O)c(O)c1)O3)[C@@H](O)C2. The van der Waals surface area contributed by atoms with Crippen LogP contribution < -0.4 is 9.47 Å². The van der Waals surface area contributed by atoms with E-state index in [1.807, 2.05) is 0 Å². The van der Waals surface area contributed by atoms with Crippen molar-refractivity contribution in [3.8, 4) is 68.6 Å². The van der Waals surface area contributed by atoms with Gasteiger partial charge in [-0.05, 0) is 29.8 Å². The first-order valence-corrected chi connectivity index (χ1v) is 12.8. The van der Waals surface area contributed by atoms with Gasteiger partial charge in [0.2, 0.25) is 0 Å². The number of rotatable bonds is 3. The van der Waals surface area contributed by atoms with Crippen molar-refractivity contribution in [1.82, 2.24) is 0 Å². The molecular weight excluding hydrogens is 552 g/mol. The fourth-order valence-electron chi connectivity index (χ4n) is 5.55. The van der Waals surface area contributed by atoms with Gasteiger partial charge in [0, 0.05) is 53.3 Å². The van der Waals surface area contributed by atoms with Gasteiger partial charge in [-0.15, -0.1) is 0 Å². The van der Waals surface area contributed by atoms with Crippen molar-refractivity contribution in [2.45, 2.75) is 37.3 Å². The molecule has 218 valence electrons. The van der Waals surface area contributed by atoms with Crippen LogP contribution >= 0.6 is 0 Å². The quantitative estimate of drug-likeness (QED) is 0.159. The summed E-state index contributed by atoms with van der Waals surface area (Å²) in [6.07, 6.45) is -5.05. The lowest BCUT2D eigenvalue weighted by Crippen LogP contribution is -2.31. The van der Waals surface area contributed by atoms with Gasteiger partial charge in [0.25, 0.3) is 0 Å². The molecule has 0 aromatic heterocycles. The highest BCUT2D eigenvalue weighted by atomic mass is 16.5. The zero-order valence-electron chi connectivity index (χ0n) is 21.6. The van der Waals surface area contributed by atoms with E-state index in [0.29, 0.717) is 5.56 Å². The number of ether oxygens (including phenoxy) is 2. The van der Waals surface area contributed by atoms with Crippen LogP contribution in [0.25, 0.3) is 11.1 Å². The molecule has 6 rings (SSSR count). The predicted molar refractivity (Wildman–Crippen MR) is 144 cm³/mol. The highest BCUT2D eigenvalue weighted by Gasteiger charge is 2.38. The first-order chi connectivity index (χ1) is 19.9.